The fourth-order valence-electron chi connectivity index (χ4n) is 6.15. The van der Waals surface area contributed by atoms with E-state index in [1.165, 1.54) is 55.1 Å². The molecule has 0 saturated heterocycles. The predicted molar refractivity (Wildman–Crippen MR) is 151 cm³/mol. The first-order chi connectivity index (χ1) is 20.3. The third kappa shape index (κ3) is 5.31. The lowest BCUT2D eigenvalue weighted by molar-refractivity contribution is -0.138. The summed E-state index contributed by atoms with van der Waals surface area (Å²) in [5.41, 5.74) is 0.811. The summed E-state index contributed by atoms with van der Waals surface area (Å²) in [5, 5.41) is 9.31. The van der Waals surface area contributed by atoms with Crippen molar-refractivity contribution in [1.29, 1.82) is 5.26 Å². The number of ketones is 1. The van der Waals surface area contributed by atoms with Gasteiger partial charge in [-0.3, -0.25) is 19.3 Å². The average Bonchev–Trinajstić information content (AvgIpc) is 2.96. The van der Waals surface area contributed by atoms with Gasteiger partial charge in [-0.1, -0.05) is 18.2 Å². The van der Waals surface area contributed by atoms with Crippen LogP contribution < -0.4 is 9.80 Å². The van der Waals surface area contributed by atoms with Crippen molar-refractivity contribution in [2.45, 2.75) is 51.7 Å². The number of aryl methyl sites for hydroxylation is 1. The second-order valence-electron chi connectivity index (χ2n) is 10.8. The fourth-order valence-corrected chi connectivity index (χ4v) is 6.15. The summed E-state index contributed by atoms with van der Waals surface area (Å²) in [4.78, 5) is 44.8. The van der Waals surface area contributed by atoms with E-state index < -0.39 is 53.0 Å². The zero-order valence-corrected chi connectivity index (χ0v) is 23.6. The van der Waals surface area contributed by atoms with Crippen molar-refractivity contribution in [3.05, 3.63) is 106 Å². The minimum atomic E-state index is -4.70. The molecule has 43 heavy (non-hydrogen) atoms. The van der Waals surface area contributed by atoms with Gasteiger partial charge in [-0.25, -0.2) is 4.39 Å². The van der Waals surface area contributed by atoms with E-state index in [4.69, 9.17) is 0 Å². The normalized spacial score (nSPS) is 20.5. The number of rotatable bonds is 4. The van der Waals surface area contributed by atoms with Crippen LogP contribution in [0.1, 0.15) is 55.4 Å². The Balaban J connectivity index is 1.74. The molecule has 3 unspecified atom stereocenters. The molecule has 0 saturated carbocycles. The number of benzene rings is 3. The number of nitriles is 1. The zero-order valence-electron chi connectivity index (χ0n) is 23.6. The van der Waals surface area contributed by atoms with Crippen molar-refractivity contribution in [2.75, 3.05) is 9.80 Å². The number of halogens is 4. The molecule has 0 N–H and O–H groups in total. The number of nitrogens with zero attached hydrogens (tertiary/aromatic N) is 3. The molecule has 10 heteroatoms. The Labute approximate surface area is 245 Å². The molecule has 2 heterocycles. The number of anilines is 2. The Bertz CT molecular complexity index is 1710. The number of hydrogen-bond donors (Lipinski definition) is 0. The third-order valence-corrected chi connectivity index (χ3v) is 8.14. The zero-order chi connectivity index (χ0) is 31.2. The molecule has 0 aliphatic carbocycles. The highest BCUT2D eigenvalue weighted by Gasteiger charge is 2.50. The van der Waals surface area contributed by atoms with Crippen LogP contribution in [0.4, 0.5) is 28.9 Å². The maximum absolute atomic E-state index is 14.6. The molecule has 220 valence electrons. The molecule has 0 spiro atoms. The first-order valence-corrected chi connectivity index (χ1v) is 13.7. The largest absolute Gasteiger partial charge is 0.416 e. The van der Waals surface area contributed by atoms with Gasteiger partial charge in [0.15, 0.2) is 5.78 Å². The van der Waals surface area contributed by atoms with E-state index in [9.17, 15) is 37.2 Å². The lowest BCUT2D eigenvalue weighted by Gasteiger charge is -2.43. The van der Waals surface area contributed by atoms with Gasteiger partial charge < -0.3 is 4.90 Å². The summed E-state index contributed by atoms with van der Waals surface area (Å²) in [6.07, 6.45) is -3.71. The van der Waals surface area contributed by atoms with E-state index in [0.29, 0.717) is 35.2 Å². The Morgan fingerprint density at radius 2 is 1.72 bits per heavy atom. The van der Waals surface area contributed by atoms with Gasteiger partial charge in [0, 0.05) is 34.6 Å². The van der Waals surface area contributed by atoms with Crippen LogP contribution in [0.2, 0.25) is 0 Å². The van der Waals surface area contributed by atoms with Gasteiger partial charge in [0.1, 0.15) is 11.7 Å². The van der Waals surface area contributed by atoms with Gasteiger partial charge >= 0.3 is 6.18 Å². The molecule has 0 bridgehead atoms. The van der Waals surface area contributed by atoms with Crippen LogP contribution in [0.15, 0.2) is 78.0 Å². The summed E-state index contributed by atoms with van der Waals surface area (Å²) in [7, 11) is 0. The molecule has 2 aliphatic rings. The molecule has 0 fully saturated rings. The van der Waals surface area contributed by atoms with Crippen molar-refractivity contribution < 1.29 is 31.9 Å². The number of allylic oxidation sites excluding steroid dienone is 2. The molecule has 2 amide bonds. The topological polar surface area (TPSA) is 81.5 Å². The number of amides is 2. The fraction of sp³-hybridized carbons (Fsp3) is 0.273. The van der Waals surface area contributed by atoms with Crippen LogP contribution in [-0.2, 0) is 27.0 Å². The standard InChI is InChI=1S/C33H27F4N3O3/c1-18-7-10-23-15-25(34)13-14-27(23)39(18)31(42)30-29(22-11-8-21(17-38)9-12-22)28(20(3)41)19(2)40(32(30)43)26-6-4-5-24(16-26)33(35,36)37/h4-6,8-9,11-16,18,29-30H,7,10H2,1-3H3. The number of fused-ring (bicyclic) bond motifs is 1. The van der Waals surface area contributed by atoms with Crippen LogP contribution in [0.3, 0.4) is 0 Å². The predicted octanol–water partition coefficient (Wildman–Crippen LogP) is 6.69. The second-order valence-corrected chi connectivity index (χ2v) is 10.8. The van der Waals surface area contributed by atoms with E-state index in [2.05, 4.69) is 0 Å². The van der Waals surface area contributed by atoms with Gasteiger partial charge in [-0.05, 0) is 93.3 Å². The van der Waals surface area contributed by atoms with Crippen molar-refractivity contribution in [2.24, 2.45) is 5.92 Å². The molecule has 3 aromatic rings. The first-order valence-electron chi connectivity index (χ1n) is 13.7. The monoisotopic (exact) mass is 589 g/mol. The first kappa shape index (κ1) is 29.7. The minimum absolute atomic E-state index is 0.0871. The highest BCUT2D eigenvalue weighted by atomic mass is 19.4. The van der Waals surface area contributed by atoms with Gasteiger partial charge in [0.25, 0.3) is 0 Å². The van der Waals surface area contributed by atoms with E-state index in [1.807, 2.05) is 6.07 Å². The van der Waals surface area contributed by atoms with Gasteiger partial charge in [-0.2, -0.15) is 18.4 Å². The number of carbonyl (C=O) groups is 3. The Morgan fingerprint density at radius 3 is 2.35 bits per heavy atom. The van der Waals surface area contributed by atoms with E-state index >= 15 is 0 Å². The van der Waals surface area contributed by atoms with Crippen molar-refractivity contribution in [3.63, 3.8) is 0 Å². The molecular weight excluding hydrogens is 562 g/mol. The SMILES string of the molecule is CC(=O)C1=C(C)N(c2cccc(C(F)(F)F)c2)C(=O)C(C(=O)N2c3ccc(F)cc3CCC2C)C1c1ccc(C#N)cc1. The molecule has 5 rings (SSSR count). The number of hydrogen-bond acceptors (Lipinski definition) is 4. The van der Waals surface area contributed by atoms with Crippen molar-refractivity contribution >= 4 is 29.0 Å². The maximum Gasteiger partial charge on any atom is 0.416 e. The summed E-state index contributed by atoms with van der Waals surface area (Å²) in [5.74, 6) is -5.06. The maximum atomic E-state index is 14.6. The quantitative estimate of drug-likeness (QED) is 0.251. The molecule has 0 radical (unpaired) electrons. The number of alkyl halides is 3. The van der Waals surface area contributed by atoms with E-state index in [-0.39, 0.29) is 17.0 Å². The Hall–Kier alpha value is -4.78. The lowest BCUT2D eigenvalue weighted by Crippen LogP contribution is -2.54. The van der Waals surface area contributed by atoms with Gasteiger partial charge in [0.2, 0.25) is 11.8 Å². The smallest absolute Gasteiger partial charge is 0.309 e. The summed E-state index contributed by atoms with van der Waals surface area (Å²) >= 11 is 0. The van der Waals surface area contributed by atoms with Gasteiger partial charge in [0.05, 0.1) is 17.2 Å². The molecular formula is C33H27F4N3O3. The van der Waals surface area contributed by atoms with Crippen LogP contribution in [0.25, 0.3) is 0 Å². The summed E-state index contributed by atoms with van der Waals surface area (Å²) in [6, 6.07) is 16.0. The lowest BCUT2D eigenvalue weighted by atomic mass is 9.73. The van der Waals surface area contributed by atoms with Crippen molar-refractivity contribution in [1.82, 2.24) is 0 Å². The number of Topliss-reactive ketones (excluding diaryl/α,β-unsaturated/α-hetero) is 1. The highest BCUT2D eigenvalue weighted by molar-refractivity contribution is 6.18. The van der Waals surface area contributed by atoms with Crippen molar-refractivity contribution in [3.8, 4) is 6.07 Å². The second kappa shape index (κ2) is 11.1. The molecule has 3 aromatic carbocycles. The molecule has 6 nitrogen and oxygen atoms in total. The van der Waals surface area contributed by atoms with Gasteiger partial charge in [-0.15, -0.1) is 0 Å². The molecule has 2 aliphatic heterocycles. The van der Waals surface area contributed by atoms with Crippen LogP contribution in [0.5, 0.6) is 0 Å². The molecule has 0 aromatic heterocycles. The van der Waals surface area contributed by atoms with E-state index in [0.717, 1.165) is 23.1 Å². The Kier molecular flexibility index (Phi) is 7.69. The number of carbonyl (C=O) groups excluding carboxylic acids is 3. The summed E-state index contributed by atoms with van der Waals surface area (Å²) < 4.78 is 55.1. The van der Waals surface area contributed by atoms with Crippen LogP contribution in [0, 0.1) is 23.1 Å². The molecule has 3 atom stereocenters. The summed E-state index contributed by atoms with van der Waals surface area (Å²) in [6.45, 7) is 4.54. The average molecular weight is 590 g/mol. The third-order valence-electron chi connectivity index (χ3n) is 8.14. The Morgan fingerprint density at radius 1 is 1.02 bits per heavy atom. The highest BCUT2D eigenvalue weighted by Crippen LogP contribution is 2.45. The minimum Gasteiger partial charge on any atom is -0.309 e. The van der Waals surface area contributed by atoms with Crippen LogP contribution >= 0.6 is 0 Å². The van der Waals surface area contributed by atoms with Crippen LogP contribution in [-0.4, -0.2) is 23.6 Å². The van der Waals surface area contributed by atoms with E-state index in [1.54, 1.807) is 19.1 Å².